The summed E-state index contributed by atoms with van der Waals surface area (Å²) in [6.45, 7) is 0.903. The number of methoxy groups -OCH3 is 1. The van der Waals surface area contributed by atoms with Crippen molar-refractivity contribution >= 4 is 17.7 Å². The molecule has 1 aromatic rings. The van der Waals surface area contributed by atoms with Gasteiger partial charge < -0.3 is 9.84 Å². The molecule has 0 unspecified atom stereocenters. The van der Waals surface area contributed by atoms with Crippen molar-refractivity contribution in [2.24, 2.45) is 0 Å². The number of aliphatic carboxylic acids is 1. The average molecular weight is 356 g/mol. The lowest BCUT2D eigenvalue weighted by atomic mass is 9.86. The summed E-state index contributed by atoms with van der Waals surface area (Å²) in [4.78, 5) is 11.4. The van der Waals surface area contributed by atoms with Crippen LogP contribution in [-0.4, -0.2) is 34.4 Å². The highest BCUT2D eigenvalue weighted by molar-refractivity contribution is 8.02. The maximum atomic E-state index is 13.8. The molecule has 0 bridgehead atoms. The van der Waals surface area contributed by atoms with Crippen LogP contribution >= 0.6 is 11.8 Å². The van der Waals surface area contributed by atoms with Crippen LogP contribution < -0.4 is 4.74 Å². The SMILES string of the molecule is COc1c([C@@H]2C[C@](C)(C(F)(F)F)S[C@H]2C(=O)O)ccc(F)c1F. The quantitative estimate of drug-likeness (QED) is 0.833. The monoisotopic (exact) mass is 356 g/mol. The van der Waals surface area contributed by atoms with Crippen LogP contribution in [0.25, 0.3) is 0 Å². The number of halogens is 5. The molecule has 0 spiro atoms. The topological polar surface area (TPSA) is 46.5 Å². The molecule has 1 saturated heterocycles. The van der Waals surface area contributed by atoms with Gasteiger partial charge in [-0.2, -0.15) is 17.6 Å². The van der Waals surface area contributed by atoms with Crippen LogP contribution in [0.2, 0.25) is 0 Å². The third-order valence-corrected chi connectivity index (χ3v) is 5.59. The maximum Gasteiger partial charge on any atom is 0.403 e. The normalized spacial score (nSPS) is 28.0. The van der Waals surface area contributed by atoms with Crippen LogP contribution in [0, 0.1) is 11.6 Å². The van der Waals surface area contributed by atoms with Crippen LogP contribution in [0.3, 0.4) is 0 Å². The molecule has 1 aliphatic rings. The zero-order chi connectivity index (χ0) is 17.6. The number of thioether (sulfide) groups is 1. The van der Waals surface area contributed by atoms with Crippen LogP contribution in [0.15, 0.2) is 12.1 Å². The number of ether oxygens (including phenoxy) is 1. The summed E-state index contributed by atoms with van der Waals surface area (Å²) in [5, 5.41) is 7.79. The molecule has 0 aliphatic carbocycles. The largest absolute Gasteiger partial charge is 0.493 e. The molecule has 0 radical (unpaired) electrons. The second kappa shape index (κ2) is 5.85. The zero-order valence-corrected chi connectivity index (χ0v) is 12.9. The summed E-state index contributed by atoms with van der Waals surface area (Å²) < 4.78 is 69.2. The Morgan fingerprint density at radius 3 is 2.48 bits per heavy atom. The van der Waals surface area contributed by atoms with Crippen molar-refractivity contribution in [2.75, 3.05) is 7.11 Å². The molecule has 9 heteroatoms. The van der Waals surface area contributed by atoms with Gasteiger partial charge in [0, 0.05) is 11.5 Å². The second-order valence-electron chi connectivity index (χ2n) is 5.40. The van der Waals surface area contributed by atoms with Crippen molar-refractivity contribution in [1.82, 2.24) is 0 Å². The Morgan fingerprint density at radius 1 is 1.39 bits per heavy atom. The van der Waals surface area contributed by atoms with Crippen molar-refractivity contribution in [3.63, 3.8) is 0 Å². The van der Waals surface area contributed by atoms with Crippen molar-refractivity contribution in [2.45, 2.75) is 35.4 Å². The van der Waals surface area contributed by atoms with E-state index in [2.05, 4.69) is 0 Å². The van der Waals surface area contributed by atoms with Gasteiger partial charge in [-0.1, -0.05) is 6.07 Å². The summed E-state index contributed by atoms with van der Waals surface area (Å²) in [5.74, 6) is -5.73. The van der Waals surface area contributed by atoms with Gasteiger partial charge in [-0.25, -0.2) is 4.39 Å². The molecule has 0 amide bonds. The highest BCUT2D eigenvalue weighted by atomic mass is 32.2. The van der Waals surface area contributed by atoms with E-state index >= 15 is 0 Å². The number of benzene rings is 1. The predicted molar refractivity (Wildman–Crippen MR) is 73.7 cm³/mol. The Hall–Kier alpha value is -1.51. The summed E-state index contributed by atoms with van der Waals surface area (Å²) >= 11 is 0.264. The Kier molecular flexibility index (Phi) is 4.53. The van der Waals surface area contributed by atoms with Crippen LogP contribution in [0.5, 0.6) is 5.75 Å². The first kappa shape index (κ1) is 17.8. The number of alkyl halides is 3. The number of carboxylic acid groups (broad SMARTS) is 1. The number of carbonyl (C=O) groups is 1. The first-order valence-corrected chi connectivity index (χ1v) is 7.39. The minimum absolute atomic E-state index is 0.0840. The van der Waals surface area contributed by atoms with Crippen molar-refractivity contribution < 1.29 is 36.6 Å². The van der Waals surface area contributed by atoms with Gasteiger partial charge in [-0.15, -0.1) is 11.8 Å². The predicted octanol–water partition coefficient (Wildman–Crippen LogP) is 3.97. The Balaban J connectivity index is 2.53. The van der Waals surface area contributed by atoms with E-state index < -0.39 is 51.9 Å². The average Bonchev–Trinajstić information content (AvgIpc) is 2.81. The summed E-state index contributed by atoms with van der Waals surface area (Å²) in [5.41, 5.74) is -0.0840. The van der Waals surface area contributed by atoms with Gasteiger partial charge in [0.15, 0.2) is 11.6 Å². The van der Waals surface area contributed by atoms with E-state index in [1.165, 1.54) is 0 Å². The molecule has 1 aromatic carbocycles. The van der Waals surface area contributed by atoms with Crippen molar-refractivity contribution in [1.29, 1.82) is 0 Å². The molecule has 3 nitrogen and oxygen atoms in total. The summed E-state index contributed by atoms with van der Waals surface area (Å²) in [7, 11) is 1.04. The minimum Gasteiger partial charge on any atom is -0.493 e. The standard InChI is InChI=1S/C14H13F5O3S/c1-13(14(17,18)19)5-7(11(23-13)12(20)21)6-3-4-8(15)9(16)10(6)22-2/h3-4,7,11H,5H2,1-2H3,(H,20,21)/t7-,11+,13+/m0/s1. The number of hydrogen-bond acceptors (Lipinski definition) is 3. The number of rotatable bonds is 3. The fourth-order valence-electron chi connectivity index (χ4n) is 2.66. The molecule has 128 valence electrons. The van der Waals surface area contributed by atoms with Gasteiger partial charge in [0.1, 0.15) is 10.00 Å². The van der Waals surface area contributed by atoms with E-state index in [4.69, 9.17) is 4.74 Å². The molecule has 0 aromatic heterocycles. The lowest BCUT2D eigenvalue weighted by molar-refractivity contribution is -0.156. The van der Waals surface area contributed by atoms with Crippen LogP contribution in [0.1, 0.15) is 24.8 Å². The Bertz CT molecular complexity index is 634. The molecule has 1 fully saturated rings. The molecule has 2 rings (SSSR count). The summed E-state index contributed by atoms with van der Waals surface area (Å²) in [6, 6.07) is 1.82. The van der Waals surface area contributed by atoms with E-state index in [0.29, 0.717) is 0 Å². The number of carboxylic acids is 1. The molecular weight excluding hydrogens is 343 g/mol. The summed E-state index contributed by atoms with van der Waals surface area (Å²) in [6.07, 6.45) is -5.20. The third-order valence-electron chi connectivity index (χ3n) is 3.89. The van der Waals surface area contributed by atoms with E-state index in [1.54, 1.807) is 0 Å². The first-order chi connectivity index (χ1) is 10.5. The molecule has 1 heterocycles. The molecule has 0 saturated carbocycles. The fraction of sp³-hybridized carbons (Fsp3) is 0.500. The minimum atomic E-state index is -4.63. The van der Waals surface area contributed by atoms with E-state index in [0.717, 1.165) is 26.2 Å². The molecule has 23 heavy (non-hydrogen) atoms. The van der Waals surface area contributed by atoms with Gasteiger partial charge in [0.05, 0.1) is 7.11 Å². The van der Waals surface area contributed by atoms with Crippen LogP contribution in [-0.2, 0) is 4.79 Å². The van der Waals surface area contributed by atoms with E-state index in [-0.39, 0.29) is 17.3 Å². The highest BCUT2D eigenvalue weighted by Crippen LogP contribution is 2.58. The van der Waals surface area contributed by atoms with Gasteiger partial charge in [-0.05, 0) is 19.4 Å². The zero-order valence-electron chi connectivity index (χ0n) is 12.1. The highest BCUT2D eigenvalue weighted by Gasteiger charge is 2.61. The lowest BCUT2D eigenvalue weighted by Crippen LogP contribution is -2.37. The Morgan fingerprint density at radius 2 is 2.00 bits per heavy atom. The van der Waals surface area contributed by atoms with Crippen LogP contribution in [0.4, 0.5) is 22.0 Å². The van der Waals surface area contributed by atoms with Gasteiger partial charge in [0.25, 0.3) is 0 Å². The third kappa shape index (κ3) is 2.98. The lowest BCUT2D eigenvalue weighted by Gasteiger charge is -2.26. The molecule has 1 N–H and O–H groups in total. The second-order valence-corrected chi connectivity index (χ2v) is 7.04. The Labute approximate surface area is 132 Å². The van der Waals surface area contributed by atoms with E-state index in [1.807, 2.05) is 0 Å². The smallest absolute Gasteiger partial charge is 0.403 e. The van der Waals surface area contributed by atoms with Gasteiger partial charge in [-0.3, -0.25) is 4.79 Å². The van der Waals surface area contributed by atoms with Gasteiger partial charge in [0.2, 0.25) is 5.82 Å². The van der Waals surface area contributed by atoms with Crippen molar-refractivity contribution in [3.8, 4) is 5.75 Å². The number of hydrogen-bond donors (Lipinski definition) is 1. The molecule has 3 atom stereocenters. The first-order valence-electron chi connectivity index (χ1n) is 6.51. The van der Waals surface area contributed by atoms with Crippen molar-refractivity contribution in [3.05, 3.63) is 29.3 Å². The van der Waals surface area contributed by atoms with E-state index in [9.17, 15) is 31.9 Å². The maximum absolute atomic E-state index is 13.8. The van der Waals surface area contributed by atoms with Gasteiger partial charge >= 0.3 is 12.1 Å². The molecular formula is C14H13F5O3S. The molecule has 1 aliphatic heterocycles. The fourth-order valence-corrected chi connectivity index (χ4v) is 4.14.